The van der Waals surface area contributed by atoms with Crippen molar-refractivity contribution in [3.63, 3.8) is 0 Å². The second-order valence-electron chi connectivity index (χ2n) is 4.59. The number of alkyl halides is 1. The molecule has 1 aliphatic rings. The minimum Gasteiger partial charge on any atom is -0.356 e. The fraction of sp³-hybridized carbons (Fsp3) is 0.909. The van der Waals surface area contributed by atoms with E-state index in [2.05, 4.69) is 35.1 Å². The Hall–Kier alpha value is -0.0500. The molecule has 0 bridgehead atoms. The van der Waals surface area contributed by atoms with Crippen molar-refractivity contribution in [3.8, 4) is 0 Å². The topological polar surface area (TPSA) is 29.1 Å². The number of carbonyl (C=O) groups excluding carboxylic acids is 1. The highest BCUT2D eigenvalue weighted by Crippen LogP contribution is 2.37. The van der Waals surface area contributed by atoms with Crippen molar-refractivity contribution in [2.45, 2.75) is 50.8 Å². The first-order chi connectivity index (χ1) is 6.54. The van der Waals surface area contributed by atoms with Crippen LogP contribution in [-0.4, -0.2) is 17.3 Å². The molecular formula is C11H20BrNO. The molecule has 1 aliphatic carbocycles. The summed E-state index contributed by atoms with van der Waals surface area (Å²) < 4.78 is 0. The molecule has 0 aromatic heterocycles. The largest absolute Gasteiger partial charge is 0.356 e. The van der Waals surface area contributed by atoms with Crippen LogP contribution in [0.15, 0.2) is 0 Å². The third-order valence-corrected chi connectivity index (χ3v) is 3.54. The lowest BCUT2D eigenvalue weighted by Crippen LogP contribution is -2.37. The lowest BCUT2D eigenvalue weighted by molar-refractivity contribution is -0.129. The summed E-state index contributed by atoms with van der Waals surface area (Å²) in [6, 6.07) is 0. The Morgan fingerprint density at radius 2 is 2.07 bits per heavy atom. The molecule has 0 radical (unpaired) electrons. The van der Waals surface area contributed by atoms with E-state index < -0.39 is 0 Å². The van der Waals surface area contributed by atoms with E-state index in [4.69, 9.17) is 0 Å². The summed E-state index contributed by atoms with van der Waals surface area (Å²) in [5.74, 6) is 0.253. The second kappa shape index (κ2) is 5.15. The number of halogens is 1. The van der Waals surface area contributed by atoms with Gasteiger partial charge in [0.1, 0.15) is 0 Å². The van der Waals surface area contributed by atoms with Crippen LogP contribution in [0.1, 0.15) is 46.0 Å². The van der Waals surface area contributed by atoms with Gasteiger partial charge in [0, 0.05) is 16.8 Å². The number of hydrogen-bond acceptors (Lipinski definition) is 1. The smallest absolute Gasteiger partial charge is 0.225 e. The first-order valence-corrected chi connectivity index (χ1v) is 6.38. The lowest BCUT2D eigenvalue weighted by atomic mass is 9.88. The summed E-state index contributed by atoms with van der Waals surface area (Å²) in [4.78, 5) is 12.3. The maximum Gasteiger partial charge on any atom is 0.225 e. The molecule has 82 valence electrons. The van der Waals surface area contributed by atoms with Crippen LogP contribution in [-0.2, 0) is 4.79 Å². The highest BCUT2D eigenvalue weighted by atomic mass is 79.9. The van der Waals surface area contributed by atoms with Crippen LogP contribution in [0.25, 0.3) is 0 Å². The molecule has 1 fully saturated rings. The van der Waals surface area contributed by atoms with Crippen LogP contribution in [0.4, 0.5) is 0 Å². The molecule has 1 unspecified atom stereocenters. The SMILES string of the molecule is CC(Br)CCNC(=O)C1(C)CCCC1. The van der Waals surface area contributed by atoms with E-state index in [1.165, 1.54) is 12.8 Å². The molecule has 0 aromatic rings. The van der Waals surface area contributed by atoms with Crippen molar-refractivity contribution in [2.24, 2.45) is 5.41 Å². The van der Waals surface area contributed by atoms with E-state index in [0.29, 0.717) is 4.83 Å². The van der Waals surface area contributed by atoms with Crippen LogP contribution in [0.2, 0.25) is 0 Å². The van der Waals surface area contributed by atoms with Crippen molar-refractivity contribution in [3.05, 3.63) is 0 Å². The molecular weight excluding hydrogens is 242 g/mol. The second-order valence-corrected chi connectivity index (χ2v) is 6.16. The van der Waals surface area contributed by atoms with Crippen LogP contribution in [0, 0.1) is 5.41 Å². The van der Waals surface area contributed by atoms with Gasteiger partial charge >= 0.3 is 0 Å². The average Bonchev–Trinajstić information content (AvgIpc) is 2.52. The van der Waals surface area contributed by atoms with Gasteiger partial charge in [0.25, 0.3) is 0 Å². The molecule has 14 heavy (non-hydrogen) atoms. The molecule has 3 heteroatoms. The van der Waals surface area contributed by atoms with E-state index in [1.54, 1.807) is 0 Å². The van der Waals surface area contributed by atoms with Crippen LogP contribution >= 0.6 is 15.9 Å². The normalized spacial score (nSPS) is 21.9. The van der Waals surface area contributed by atoms with Crippen molar-refractivity contribution >= 4 is 21.8 Å². The molecule has 1 saturated carbocycles. The zero-order chi connectivity index (χ0) is 10.6. The molecule has 1 rings (SSSR count). The number of amides is 1. The molecule has 0 heterocycles. The lowest BCUT2D eigenvalue weighted by Gasteiger charge is -2.22. The van der Waals surface area contributed by atoms with Gasteiger partial charge in [-0.25, -0.2) is 0 Å². The number of carbonyl (C=O) groups is 1. The van der Waals surface area contributed by atoms with E-state index >= 15 is 0 Å². The number of hydrogen-bond donors (Lipinski definition) is 1. The first kappa shape index (κ1) is 12.0. The van der Waals surface area contributed by atoms with E-state index in [9.17, 15) is 4.79 Å². The minimum atomic E-state index is -0.0739. The maximum absolute atomic E-state index is 11.8. The van der Waals surface area contributed by atoms with Crippen molar-refractivity contribution in [2.75, 3.05) is 6.54 Å². The van der Waals surface area contributed by atoms with Crippen molar-refractivity contribution in [1.82, 2.24) is 5.32 Å². The van der Waals surface area contributed by atoms with Crippen molar-refractivity contribution in [1.29, 1.82) is 0 Å². The van der Waals surface area contributed by atoms with Gasteiger partial charge in [0.05, 0.1) is 0 Å². The fourth-order valence-corrected chi connectivity index (χ4v) is 2.21. The minimum absolute atomic E-state index is 0.0739. The summed E-state index contributed by atoms with van der Waals surface area (Å²) in [6.45, 7) is 4.98. The zero-order valence-electron chi connectivity index (χ0n) is 9.11. The standard InChI is InChI=1S/C11H20BrNO/c1-9(12)5-8-13-10(14)11(2)6-3-4-7-11/h9H,3-8H2,1-2H3,(H,13,14). The molecule has 0 spiro atoms. The molecule has 2 nitrogen and oxygen atoms in total. The molecule has 0 saturated heterocycles. The van der Waals surface area contributed by atoms with Gasteiger partial charge in [-0.15, -0.1) is 0 Å². The predicted octanol–water partition coefficient (Wildman–Crippen LogP) is 2.86. The first-order valence-electron chi connectivity index (χ1n) is 5.47. The van der Waals surface area contributed by atoms with E-state index in [0.717, 1.165) is 25.8 Å². The summed E-state index contributed by atoms with van der Waals surface area (Å²) in [5, 5.41) is 3.03. The summed E-state index contributed by atoms with van der Waals surface area (Å²) in [7, 11) is 0. The Labute approximate surface area is 95.0 Å². The average molecular weight is 262 g/mol. The monoisotopic (exact) mass is 261 g/mol. The molecule has 0 aromatic carbocycles. The Bertz CT molecular complexity index is 197. The number of nitrogens with one attached hydrogen (secondary N) is 1. The predicted molar refractivity (Wildman–Crippen MR) is 62.6 cm³/mol. The third-order valence-electron chi connectivity index (χ3n) is 3.08. The molecule has 1 atom stereocenters. The fourth-order valence-electron chi connectivity index (χ4n) is 1.98. The highest BCUT2D eigenvalue weighted by molar-refractivity contribution is 9.09. The Morgan fingerprint density at radius 3 is 2.57 bits per heavy atom. The van der Waals surface area contributed by atoms with Gasteiger partial charge in [-0.05, 0) is 19.3 Å². The summed E-state index contributed by atoms with van der Waals surface area (Å²) in [6.07, 6.45) is 5.53. The van der Waals surface area contributed by atoms with E-state index in [1.807, 2.05) is 0 Å². The highest BCUT2D eigenvalue weighted by Gasteiger charge is 2.35. The van der Waals surface area contributed by atoms with Gasteiger partial charge in [0.15, 0.2) is 0 Å². The Balaban J connectivity index is 2.27. The van der Waals surface area contributed by atoms with Gasteiger partial charge < -0.3 is 5.32 Å². The van der Waals surface area contributed by atoms with Gasteiger partial charge in [-0.1, -0.05) is 42.6 Å². The van der Waals surface area contributed by atoms with Gasteiger partial charge in [-0.2, -0.15) is 0 Å². The Morgan fingerprint density at radius 1 is 1.50 bits per heavy atom. The van der Waals surface area contributed by atoms with E-state index in [-0.39, 0.29) is 11.3 Å². The van der Waals surface area contributed by atoms with Crippen LogP contribution in [0.5, 0.6) is 0 Å². The maximum atomic E-state index is 11.8. The molecule has 1 N–H and O–H groups in total. The van der Waals surface area contributed by atoms with Gasteiger partial charge in [-0.3, -0.25) is 4.79 Å². The molecule has 0 aliphatic heterocycles. The zero-order valence-corrected chi connectivity index (χ0v) is 10.7. The Kier molecular flexibility index (Phi) is 4.42. The molecule has 1 amide bonds. The van der Waals surface area contributed by atoms with Crippen LogP contribution in [0.3, 0.4) is 0 Å². The van der Waals surface area contributed by atoms with Crippen molar-refractivity contribution < 1.29 is 4.79 Å². The number of rotatable bonds is 4. The van der Waals surface area contributed by atoms with Gasteiger partial charge in [0.2, 0.25) is 5.91 Å². The quantitative estimate of drug-likeness (QED) is 0.775. The third kappa shape index (κ3) is 3.26. The summed E-state index contributed by atoms with van der Waals surface area (Å²) in [5.41, 5.74) is -0.0739. The summed E-state index contributed by atoms with van der Waals surface area (Å²) >= 11 is 3.47. The van der Waals surface area contributed by atoms with Crippen LogP contribution < -0.4 is 5.32 Å².